The molecule has 0 radical (unpaired) electrons. The third kappa shape index (κ3) is 10.9. The molecule has 12 heteroatoms. The van der Waals surface area contributed by atoms with Crippen LogP contribution in [-0.4, -0.2) is 39.0 Å². The van der Waals surface area contributed by atoms with E-state index in [-0.39, 0.29) is 87.3 Å². The quantitative estimate of drug-likeness (QED) is 0.134. The number of fused-ring (bicyclic) bond motifs is 20. The average molecular weight is 1540 g/mol. The summed E-state index contributed by atoms with van der Waals surface area (Å²) in [6.45, 7) is 0. The van der Waals surface area contributed by atoms with Crippen LogP contribution >= 0.6 is 34.0 Å². The van der Waals surface area contributed by atoms with E-state index in [1.165, 1.54) is 11.3 Å². The van der Waals surface area contributed by atoms with E-state index >= 15 is 0 Å². The van der Waals surface area contributed by atoms with Crippen LogP contribution in [0.1, 0.15) is 34.3 Å². The van der Waals surface area contributed by atoms with Crippen molar-refractivity contribution in [3.8, 4) is 102 Å². The summed E-state index contributed by atoms with van der Waals surface area (Å²) in [6, 6.07) is 54.7. The Hall–Kier alpha value is -14.4. The first-order chi connectivity index (χ1) is 66.9. The zero-order valence-electron chi connectivity index (χ0n) is 83.9. The highest BCUT2D eigenvalue weighted by atomic mass is 32.1. The Labute approximate surface area is 699 Å². The van der Waals surface area contributed by atoms with Crippen LogP contribution in [0.2, 0.25) is 0 Å². The molecular weight excluding hydrogens is 1450 g/mol. The minimum absolute atomic E-state index is 0.0372. The summed E-state index contributed by atoms with van der Waals surface area (Å²) in [7, 11) is 0. The number of rotatable bonds is 10. The molecule has 0 unspecified atom stereocenters. The summed E-state index contributed by atoms with van der Waals surface area (Å²) in [5.74, 6) is -0.591. The normalized spacial score (nSPS) is 14.9. The fourth-order valence-electron chi connectivity index (χ4n) is 15.4. The number of para-hydroxylation sites is 1. The highest BCUT2D eigenvalue weighted by Crippen LogP contribution is 2.48. The SMILES string of the molecule is [2H]c1c([2H])c([2H])c(-c2cccc3sc4cc(-c5nc(-c6c([2H])c([2H])c(-c7ccccc7)c([2H])c6[2H])nc(-n6c7ccc(-c8ccccc8)cc7c7ccc8sc9ccccc9c8c76)n5)ccc4c23)c([2H])c1[2H].[2H]c1c([2H])c([2H])c(-c2nc(-c3c([2H])c([2H])c4c(oc5c([2H])c([2H])c([2H])c(-c6c([2H])c([2H])c([2H])c([2H])c6[2H])c54)c3[2H])nc(-n3c4ccccc4c4ccc5sc6ccccc6c5c43)n2)c([2H])c1[2H]. The summed E-state index contributed by atoms with van der Waals surface area (Å²) in [5, 5.41) is 8.32. The molecule has 0 spiro atoms. The maximum atomic E-state index is 9.65. The topological polar surface area (TPSA) is 100 Å². The Balaban J connectivity index is 0.000000156. The number of thiophene rings is 3. The zero-order chi connectivity index (χ0) is 96.7. The van der Waals surface area contributed by atoms with Gasteiger partial charge in [-0.25, -0.2) is 9.97 Å². The van der Waals surface area contributed by atoms with Gasteiger partial charge in [0.2, 0.25) is 11.9 Å². The number of aromatic nitrogens is 8. The minimum atomic E-state index is -0.745. The molecule has 0 N–H and O–H groups in total. The van der Waals surface area contributed by atoms with E-state index in [1.807, 2.05) is 132 Å². The molecule has 24 aromatic rings. The van der Waals surface area contributed by atoms with Crippen LogP contribution in [0.3, 0.4) is 0 Å². The number of hydrogen-bond acceptors (Lipinski definition) is 10. The predicted octanol–water partition coefficient (Wildman–Crippen LogP) is 28.3. The first-order valence-corrected chi connectivity index (χ1v) is 38.5. The van der Waals surface area contributed by atoms with Gasteiger partial charge < -0.3 is 4.42 Å². The Kier molecular flexibility index (Phi) is 10.5. The van der Waals surface area contributed by atoms with Crippen molar-refractivity contribution >= 4 is 160 Å². The smallest absolute Gasteiger partial charge is 0.238 e. The standard InChI is InChI=1S/C57H34N4S2.C45H26N4OS/c1-4-13-35(14-5-1)37-23-25-39(26-24-37)55-58-56(41-27-29-45-51(34-41)63-49-22-12-20-42(52(45)49)38-17-8-3-9-18-38)60-57(59-55)61-47-31-28-40(36-15-6-2-7-16-36)33-46(47)43-30-32-50-53(54(43)61)44-19-10-11-21-48(44)62-50;1-3-12-27(13-4-1)30-18-11-20-36-40(30)33-23-22-29(26-37(33)50-36)44-46-43(28-14-5-2-6-15-28)47-45(48-44)49-35-19-9-7-16-31(35)32-24-25-39-41(42(32)49)34-17-8-10-21-38(34)51-39/h1-34H;1-26H/i3D,8D,9D,17D,18D,23D,24D,25D,26D;1D,2D,3D,4D,5D,6D,11D,12D,13D,14D,15D,18D,20D,22D,23D,26D. The third-order valence-electron chi connectivity index (χ3n) is 20.4. The highest BCUT2D eigenvalue weighted by Gasteiger charge is 2.26. The van der Waals surface area contributed by atoms with E-state index in [1.54, 1.807) is 57.6 Å². The monoisotopic (exact) mass is 1530 g/mol. The molecule has 0 atom stereocenters. The van der Waals surface area contributed by atoms with Crippen LogP contribution < -0.4 is 0 Å². The van der Waals surface area contributed by atoms with Gasteiger partial charge in [0.25, 0.3) is 0 Å². The van der Waals surface area contributed by atoms with E-state index in [4.69, 9.17) is 54.0 Å². The molecule has 0 aliphatic carbocycles. The molecule has 16 aromatic carbocycles. The van der Waals surface area contributed by atoms with Crippen molar-refractivity contribution in [2.75, 3.05) is 0 Å². The van der Waals surface area contributed by atoms with Crippen LogP contribution in [0.15, 0.2) is 368 Å². The van der Waals surface area contributed by atoms with Crippen molar-refractivity contribution in [1.82, 2.24) is 39.0 Å². The Morgan fingerprint density at radius 2 is 0.719 bits per heavy atom. The van der Waals surface area contributed by atoms with Crippen LogP contribution in [0.5, 0.6) is 0 Å². The molecule has 8 aromatic heterocycles. The second-order valence-corrected chi connectivity index (χ2v) is 30.1. The second kappa shape index (κ2) is 26.7. The van der Waals surface area contributed by atoms with Crippen molar-refractivity contribution < 1.29 is 38.7 Å². The molecule has 0 saturated carbocycles. The molecule has 24 rings (SSSR count). The van der Waals surface area contributed by atoms with E-state index in [0.29, 0.717) is 27.7 Å². The Morgan fingerprint density at radius 3 is 1.37 bits per heavy atom. The number of furan rings is 1. The lowest BCUT2D eigenvalue weighted by molar-refractivity contribution is 0.669. The zero-order valence-corrected chi connectivity index (χ0v) is 61.4. The van der Waals surface area contributed by atoms with Gasteiger partial charge >= 0.3 is 0 Å². The Bertz CT molecular complexity index is 9530. The fourth-order valence-corrected chi connectivity index (χ4v) is 18.8. The largest absolute Gasteiger partial charge is 0.456 e. The Morgan fingerprint density at radius 1 is 0.246 bits per heavy atom. The summed E-state index contributed by atoms with van der Waals surface area (Å²) in [4.78, 5) is 29.8. The van der Waals surface area contributed by atoms with Crippen molar-refractivity contribution in [2.45, 2.75) is 0 Å². The first kappa shape index (κ1) is 45.1. The molecule has 0 saturated heterocycles. The lowest BCUT2D eigenvalue weighted by Gasteiger charge is -2.12. The highest BCUT2D eigenvalue weighted by molar-refractivity contribution is 7.26. The van der Waals surface area contributed by atoms with Gasteiger partial charge in [-0.15, -0.1) is 34.0 Å². The van der Waals surface area contributed by atoms with E-state index in [2.05, 4.69) is 59.6 Å². The van der Waals surface area contributed by atoms with Gasteiger partial charge in [0.1, 0.15) is 11.2 Å². The van der Waals surface area contributed by atoms with Crippen molar-refractivity contribution in [3.63, 3.8) is 0 Å². The average Bonchev–Trinajstić information content (AvgIpc) is 1.57. The van der Waals surface area contributed by atoms with Gasteiger partial charge in [0.05, 0.1) is 56.3 Å². The van der Waals surface area contributed by atoms with Gasteiger partial charge in [-0.05, 0) is 117 Å². The lowest BCUT2D eigenvalue weighted by atomic mass is 9.99. The molecule has 532 valence electrons. The molecule has 9 nitrogen and oxygen atoms in total. The summed E-state index contributed by atoms with van der Waals surface area (Å²) in [6.07, 6.45) is 0. The summed E-state index contributed by atoms with van der Waals surface area (Å²) in [5.41, 5.74) is 4.22. The molecule has 0 amide bonds. The predicted molar refractivity (Wildman–Crippen MR) is 478 cm³/mol. The van der Waals surface area contributed by atoms with Crippen molar-refractivity contribution in [2.24, 2.45) is 0 Å². The van der Waals surface area contributed by atoms with Crippen molar-refractivity contribution in [3.05, 3.63) is 363 Å². The van der Waals surface area contributed by atoms with Gasteiger partial charge in [0, 0.05) is 115 Å². The van der Waals surface area contributed by atoms with Crippen LogP contribution in [-0.2, 0) is 0 Å². The fraction of sp³-hybridized carbons (Fsp3) is 0. The molecular formula is C102H60N8OS3. The number of nitrogens with zero attached hydrogens (tertiary/aromatic N) is 8. The lowest BCUT2D eigenvalue weighted by Crippen LogP contribution is -2.06. The van der Waals surface area contributed by atoms with E-state index in [0.717, 1.165) is 104 Å². The van der Waals surface area contributed by atoms with E-state index in [9.17, 15) is 9.60 Å². The second-order valence-electron chi connectivity index (χ2n) is 26.8. The molecule has 8 heterocycles. The summed E-state index contributed by atoms with van der Waals surface area (Å²) >= 11 is 4.75. The molecule has 0 fully saturated rings. The minimum Gasteiger partial charge on any atom is -0.456 e. The van der Waals surface area contributed by atoms with Gasteiger partial charge in [0.15, 0.2) is 23.3 Å². The van der Waals surface area contributed by atoms with Gasteiger partial charge in [-0.3, -0.25) is 9.13 Å². The van der Waals surface area contributed by atoms with Crippen LogP contribution in [0.4, 0.5) is 0 Å². The molecule has 0 bridgehead atoms. The van der Waals surface area contributed by atoms with Crippen LogP contribution in [0.25, 0.3) is 228 Å². The molecule has 0 aliphatic rings. The third-order valence-corrected chi connectivity index (χ3v) is 23.8. The maximum Gasteiger partial charge on any atom is 0.238 e. The first-order valence-electron chi connectivity index (χ1n) is 48.5. The number of benzene rings is 16. The van der Waals surface area contributed by atoms with Crippen LogP contribution in [0, 0.1) is 0 Å². The van der Waals surface area contributed by atoms with Gasteiger partial charge in [-0.2, -0.15) is 19.9 Å². The number of hydrogen-bond donors (Lipinski definition) is 0. The maximum absolute atomic E-state index is 9.65. The van der Waals surface area contributed by atoms with Crippen molar-refractivity contribution in [1.29, 1.82) is 0 Å². The van der Waals surface area contributed by atoms with Gasteiger partial charge in [-0.1, -0.05) is 291 Å². The molecule has 114 heavy (non-hydrogen) atoms. The summed E-state index contributed by atoms with van der Waals surface area (Å²) < 4.78 is 236. The molecule has 0 aliphatic heterocycles. The van der Waals surface area contributed by atoms with E-state index < -0.39 is 160 Å².